The Labute approximate surface area is 106 Å². The number of hydrogen-bond acceptors (Lipinski definition) is 3. The number of nitrogens with one attached hydrogen (secondary N) is 1. The first-order chi connectivity index (χ1) is 8.22. The van der Waals surface area contributed by atoms with Gasteiger partial charge in [-0.2, -0.15) is 0 Å². The Balaban J connectivity index is 1.99. The summed E-state index contributed by atoms with van der Waals surface area (Å²) in [6.45, 7) is 11.6. The monoisotopic (exact) mass is 241 g/mol. The van der Waals surface area contributed by atoms with Crippen LogP contribution in [-0.4, -0.2) is 38.5 Å². The topological polar surface area (TPSA) is 30.5 Å². The van der Waals surface area contributed by atoms with Gasteiger partial charge in [-0.15, -0.1) is 6.58 Å². The molecule has 1 aliphatic rings. The normalized spacial score (nSPS) is 24.1. The highest BCUT2D eigenvalue weighted by molar-refractivity contribution is 4.87. The van der Waals surface area contributed by atoms with Gasteiger partial charge >= 0.3 is 0 Å². The zero-order chi connectivity index (χ0) is 12.5. The van der Waals surface area contributed by atoms with Gasteiger partial charge in [-0.1, -0.05) is 12.5 Å². The molecule has 1 fully saturated rings. The van der Waals surface area contributed by atoms with Gasteiger partial charge in [0.25, 0.3) is 0 Å². The zero-order valence-corrected chi connectivity index (χ0v) is 11.3. The largest absolute Gasteiger partial charge is 0.378 e. The maximum Gasteiger partial charge on any atom is 0.0813 e. The van der Waals surface area contributed by atoms with Crippen molar-refractivity contribution in [2.24, 2.45) is 0 Å². The van der Waals surface area contributed by atoms with Crippen molar-refractivity contribution < 1.29 is 9.47 Å². The molecule has 0 radical (unpaired) electrons. The predicted octanol–water partition coefficient (Wildman–Crippen LogP) is 2.52. The molecule has 0 saturated carbocycles. The molecule has 2 atom stereocenters. The molecule has 0 bridgehead atoms. The standard InChI is InChI=1S/C14H27NO2/c1-4-8-15-10-13-5-6-14(17-13)11-16-9-7-12(2)3/h13-15H,2,4-11H2,1,3H3. The minimum atomic E-state index is 0.300. The van der Waals surface area contributed by atoms with Crippen LogP contribution in [0.25, 0.3) is 0 Å². The molecule has 0 aromatic heterocycles. The fraction of sp³-hybridized carbons (Fsp3) is 0.857. The van der Waals surface area contributed by atoms with E-state index in [0.717, 1.165) is 45.6 Å². The lowest BCUT2D eigenvalue weighted by Gasteiger charge is -2.14. The number of hydrogen-bond donors (Lipinski definition) is 1. The Morgan fingerprint density at radius 3 is 2.88 bits per heavy atom. The summed E-state index contributed by atoms with van der Waals surface area (Å²) in [5.41, 5.74) is 1.18. The van der Waals surface area contributed by atoms with Crippen molar-refractivity contribution in [1.82, 2.24) is 5.32 Å². The van der Waals surface area contributed by atoms with Gasteiger partial charge in [0.2, 0.25) is 0 Å². The van der Waals surface area contributed by atoms with Crippen LogP contribution < -0.4 is 5.32 Å². The van der Waals surface area contributed by atoms with Gasteiger partial charge in [0, 0.05) is 6.54 Å². The summed E-state index contributed by atoms with van der Waals surface area (Å²) >= 11 is 0. The Bertz CT molecular complexity index is 218. The van der Waals surface area contributed by atoms with E-state index >= 15 is 0 Å². The fourth-order valence-electron chi connectivity index (χ4n) is 1.95. The maximum atomic E-state index is 5.91. The van der Waals surface area contributed by atoms with E-state index in [-0.39, 0.29) is 0 Å². The van der Waals surface area contributed by atoms with Gasteiger partial charge in [-0.05, 0) is 39.2 Å². The van der Waals surface area contributed by atoms with Gasteiger partial charge in [-0.3, -0.25) is 0 Å². The molecule has 0 aliphatic carbocycles. The van der Waals surface area contributed by atoms with Gasteiger partial charge in [0.15, 0.2) is 0 Å². The summed E-state index contributed by atoms with van der Waals surface area (Å²) in [4.78, 5) is 0. The van der Waals surface area contributed by atoms with Crippen molar-refractivity contribution >= 4 is 0 Å². The Morgan fingerprint density at radius 1 is 1.41 bits per heavy atom. The van der Waals surface area contributed by atoms with Crippen LogP contribution in [0.1, 0.15) is 39.5 Å². The Kier molecular flexibility index (Phi) is 7.49. The maximum absolute atomic E-state index is 5.91. The molecule has 17 heavy (non-hydrogen) atoms. The highest BCUT2D eigenvalue weighted by Crippen LogP contribution is 2.19. The van der Waals surface area contributed by atoms with Crippen molar-refractivity contribution in [3.8, 4) is 0 Å². The SMILES string of the molecule is C=C(C)CCOCC1CCC(CNCCC)O1. The molecule has 0 aromatic carbocycles. The minimum absolute atomic E-state index is 0.300. The Hall–Kier alpha value is -0.380. The molecular formula is C14H27NO2. The second-order valence-electron chi connectivity index (χ2n) is 4.94. The summed E-state index contributed by atoms with van der Waals surface area (Å²) in [5.74, 6) is 0. The highest BCUT2D eigenvalue weighted by Gasteiger charge is 2.24. The van der Waals surface area contributed by atoms with Crippen LogP contribution in [0.5, 0.6) is 0 Å². The van der Waals surface area contributed by atoms with Crippen LogP contribution in [0, 0.1) is 0 Å². The van der Waals surface area contributed by atoms with Crippen LogP contribution in [0.2, 0.25) is 0 Å². The van der Waals surface area contributed by atoms with Crippen molar-refractivity contribution in [1.29, 1.82) is 0 Å². The zero-order valence-electron chi connectivity index (χ0n) is 11.3. The number of ether oxygens (including phenoxy) is 2. The van der Waals surface area contributed by atoms with E-state index < -0.39 is 0 Å². The van der Waals surface area contributed by atoms with E-state index in [1.807, 2.05) is 6.92 Å². The summed E-state index contributed by atoms with van der Waals surface area (Å²) in [6.07, 6.45) is 5.11. The molecule has 1 N–H and O–H groups in total. The summed E-state index contributed by atoms with van der Waals surface area (Å²) in [5, 5.41) is 3.40. The second kappa shape index (κ2) is 8.67. The quantitative estimate of drug-likeness (QED) is 0.497. The molecule has 100 valence electrons. The lowest BCUT2D eigenvalue weighted by molar-refractivity contribution is -0.0135. The lowest BCUT2D eigenvalue weighted by Crippen LogP contribution is -2.28. The van der Waals surface area contributed by atoms with Crippen molar-refractivity contribution in [2.75, 3.05) is 26.3 Å². The molecule has 1 aliphatic heterocycles. The first kappa shape index (κ1) is 14.7. The predicted molar refractivity (Wildman–Crippen MR) is 71.3 cm³/mol. The highest BCUT2D eigenvalue weighted by atomic mass is 16.5. The van der Waals surface area contributed by atoms with Crippen molar-refractivity contribution in [3.63, 3.8) is 0 Å². The van der Waals surface area contributed by atoms with Crippen molar-refractivity contribution in [3.05, 3.63) is 12.2 Å². The van der Waals surface area contributed by atoms with E-state index in [4.69, 9.17) is 9.47 Å². The smallest absolute Gasteiger partial charge is 0.0813 e. The second-order valence-corrected chi connectivity index (χ2v) is 4.94. The van der Waals surface area contributed by atoms with Gasteiger partial charge in [0.1, 0.15) is 0 Å². The van der Waals surface area contributed by atoms with Crippen LogP contribution in [0.3, 0.4) is 0 Å². The minimum Gasteiger partial charge on any atom is -0.378 e. The molecule has 1 heterocycles. The molecular weight excluding hydrogens is 214 g/mol. The molecule has 2 unspecified atom stereocenters. The third kappa shape index (κ3) is 6.81. The van der Waals surface area contributed by atoms with E-state index in [2.05, 4.69) is 18.8 Å². The van der Waals surface area contributed by atoms with Gasteiger partial charge in [0.05, 0.1) is 25.4 Å². The van der Waals surface area contributed by atoms with E-state index in [9.17, 15) is 0 Å². The van der Waals surface area contributed by atoms with Crippen LogP contribution in [0.15, 0.2) is 12.2 Å². The Morgan fingerprint density at radius 2 is 2.18 bits per heavy atom. The van der Waals surface area contributed by atoms with Gasteiger partial charge in [-0.25, -0.2) is 0 Å². The molecule has 3 nitrogen and oxygen atoms in total. The molecule has 1 saturated heterocycles. The molecule has 3 heteroatoms. The lowest BCUT2D eigenvalue weighted by atomic mass is 10.2. The summed E-state index contributed by atoms with van der Waals surface area (Å²) < 4.78 is 11.5. The van der Waals surface area contributed by atoms with Crippen molar-refractivity contribution in [2.45, 2.75) is 51.7 Å². The van der Waals surface area contributed by atoms with Crippen LogP contribution >= 0.6 is 0 Å². The van der Waals surface area contributed by atoms with E-state index in [0.29, 0.717) is 12.2 Å². The summed E-state index contributed by atoms with van der Waals surface area (Å²) in [7, 11) is 0. The average molecular weight is 241 g/mol. The molecule has 0 aromatic rings. The van der Waals surface area contributed by atoms with Crippen LogP contribution in [-0.2, 0) is 9.47 Å². The average Bonchev–Trinajstić information content (AvgIpc) is 2.73. The number of rotatable bonds is 9. The first-order valence-electron chi connectivity index (χ1n) is 6.80. The van der Waals surface area contributed by atoms with Crippen LogP contribution in [0.4, 0.5) is 0 Å². The molecule has 0 spiro atoms. The summed E-state index contributed by atoms with van der Waals surface area (Å²) in [6, 6.07) is 0. The molecule has 0 amide bonds. The fourth-order valence-corrected chi connectivity index (χ4v) is 1.95. The molecule has 1 rings (SSSR count). The first-order valence-corrected chi connectivity index (χ1v) is 6.80. The van der Waals surface area contributed by atoms with E-state index in [1.165, 1.54) is 12.0 Å². The van der Waals surface area contributed by atoms with E-state index in [1.54, 1.807) is 0 Å². The van der Waals surface area contributed by atoms with Gasteiger partial charge < -0.3 is 14.8 Å². The third-order valence-electron chi connectivity index (χ3n) is 2.97. The third-order valence-corrected chi connectivity index (χ3v) is 2.97.